The molecule has 0 saturated carbocycles. The zero-order valence-electron chi connectivity index (χ0n) is 15.4. The van der Waals surface area contributed by atoms with Crippen LogP contribution in [0.25, 0.3) is 10.8 Å². The molecule has 1 heterocycles. The van der Waals surface area contributed by atoms with Gasteiger partial charge in [0.2, 0.25) is 0 Å². The van der Waals surface area contributed by atoms with Gasteiger partial charge in [0.15, 0.2) is 6.10 Å². The standard InChI is InChI=1S/C21H21N3O3/c1-13-8-11-19(14(2)22-13)21(26)24-23-20(25)15(3)27-18-10-9-16-6-4-5-7-17(16)12-18/h4-12,15H,1-3H3,(H,23,25)(H,24,26). The molecule has 3 aromatic rings. The first kappa shape index (κ1) is 18.4. The fourth-order valence-electron chi connectivity index (χ4n) is 2.71. The highest BCUT2D eigenvalue weighted by Gasteiger charge is 2.17. The van der Waals surface area contributed by atoms with E-state index in [2.05, 4.69) is 15.8 Å². The maximum absolute atomic E-state index is 12.2. The molecular formula is C21H21N3O3. The average Bonchev–Trinajstić information content (AvgIpc) is 2.65. The molecule has 1 aromatic heterocycles. The van der Waals surface area contributed by atoms with Crippen LogP contribution in [0.2, 0.25) is 0 Å². The molecule has 2 aromatic carbocycles. The lowest BCUT2D eigenvalue weighted by atomic mass is 10.1. The summed E-state index contributed by atoms with van der Waals surface area (Å²) in [7, 11) is 0. The molecule has 2 N–H and O–H groups in total. The Labute approximate surface area is 157 Å². The van der Waals surface area contributed by atoms with Gasteiger partial charge in [0.25, 0.3) is 11.8 Å². The molecule has 27 heavy (non-hydrogen) atoms. The van der Waals surface area contributed by atoms with Gasteiger partial charge < -0.3 is 4.74 Å². The Bertz CT molecular complexity index is 1000. The topological polar surface area (TPSA) is 80.3 Å². The second kappa shape index (κ2) is 7.86. The van der Waals surface area contributed by atoms with E-state index in [4.69, 9.17) is 4.74 Å². The van der Waals surface area contributed by atoms with Gasteiger partial charge in [0, 0.05) is 5.69 Å². The number of nitrogens with one attached hydrogen (secondary N) is 2. The van der Waals surface area contributed by atoms with Crippen molar-refractivity contribution >= 4 is 22.6 Å². The number of carbonyl (C=O) groups excluding carboxylic acids is 2. The van der Waals surface area contributed by atoms with Crippen molar-refractivity contribution in [3.05, 3.63) is 71.5 Å². The number of rotatable bonds is 4. The van der Waals surface area contributed by atoms with Crippen molar-refractivity contribution in [2.75, 3.05) is 0 Å². The van der Waals surface area contributed by atoms with E-state index in [9.17, 15) is 9.59 Å². The minimum atomic E-state index is -0.774. The van der Waals surface area contributed by atoms with E-state index in [0.717, 1.165) is 16.5 Å². The van der Waals surface area contributed by atoms with Crippen LogP contribution < -0.4 is 15.6 Å². The molecule has 1 atom stereocenters. The van der Waals surface area contributed by atoms with E-state index in [0.29, 0.717) is 17.0 Å². The molecule has 0 bridgehead atoms. The largest absolute Gasteiger partial charge is 0.481 e. The number of ether oxygens (including phenoxy) is 1. The van der Waals surface area contributed by atoms with E-state index < -0.39 is 17.9 Å². The van der Waals surface area contributed by atoms with E-state index in [1.54, 1.807) is 26.0 Å². The SMILES string of the molecule is Cc1ccc(C(=O)NNC(=O)C(C)Oc2ccc3ccccc3c2)c(C)n1. The van der Waals surface area contributed by atoms with Crippen LogP contribution in [0, 0.1) is 13.8 Å². The highest BCUT2D eigenvalue weighted by molar-refractivity contribution is 5.96. The molecule has 138 valence electrons. The molecule has 6 heteroatoms. The Morgan fingerprint density at radius 1 is 0.963 bits per heavy atom. The Balaban J connectivity index is 1.59. The van der Waals surface area contributed by atoms with Crippen LogP contribution in [0.1, 0.15) is 28.7 Å². The molecule has 0 aliphatic rings. The Morgan fingerprint density at radius 3 is 2.44 bits per heavy atom. The summed E-state index contributed by atoms with van der Waals surface area (Å²) in [4.78, 5) is 28.7. The third-order valence-corrected chi connectivity index (χ3v) is 4.17. The van der Waals surface area contributed by atoms with Crippen molar-refractivity contribution in [3.8, 4) is 5.75 Å². The predicted molar refractivity (Wildman–Crippen MR) is 103 cm³/mol. The second-order valence-corrected chi connectivity index (χ2v) is 6.30. The number of hydrogen-bond donors (Lipinski definition) is 2. The molecule has 0 aliphatic carbocycles. The van der Waals surface area contributed by atoms with E-state index in [-0.39, 0.29) is 0 Å². The van der Waals surface area contributed by atoms with Gasteiger partial charge in [0.1, 0.15) is 5.75 Å². The monoisotopic (exact) mass is 363 g/mol. The van der Waals surface area contributed by atoms with Gasteiger partial charge in [0.05, 0.1) is 11.3 Å². The smallest absolute Gasteiger partial charge is 0.279 e. The van der Waals surface area contributed by atoms with Crippen molar-refractivity contribution < 1.29 is 14.3 Å². The van der Waals surface area contributed by atoms with Crippen molar-refractivity contribution in [1.29, 1.82) is 0 Å². The second-order valence-electron chi connectivity index (χ2n) is 6.30. The summed E-state index contributed by atoms with van der Waals surface area (Å²) in [5.74, 6) is -0.290. The lowest BCUT2D eigenvalue weighted by Gasteiger charge is -2.16. The number of nitrogens with zero attached hydrogens (tertiary/aromatic N) is 1. The quantitative estimate of drug-likeness (QED) is 0.698. The van der Waals surface area contributed by atoms with Crippen molar-refractivity contribution in [1.82, 2.24) is 15.8 Å². The number of aryl methyl sites for hydroxylation is 2. The molecule has 0 saturated heterocycles. The van der Waals surface area contributed by atoms with Crippen molar-refractivity contribution in [2.45, 2.75) is 26.9 Å². The van der Waals surface area contributed by atoms with E-state index in [1.807, 2.05) is 49.4 Å². The number of aromatic nitrogens is 1. The first-order valence-corrected chi connectivity index (χ1v) is 8.64. The molecule has 0 aliphatic heterocycles. The summed E-state index contributed by atoms with van der Waals surface area (Å²) in [5, 5.41) is 2.12. The lowest BCUT2D eigenvalue weighted by molar-refractivity contribution is -0.128. The average molecular weight is 363 g/mol. The van der Waals surface area contributed by atoms with Gasteiger partial charge in [-0.25, -0.2) is 0 Å². The number of fused-ring (bicyclic) bond motifs is 1. The third-order valence-electron chi connectivity index (χ3n) is 4.17. The summed E-state index contributed by atoms with van der Waals surface area (Å²) in [6.45, 7) is 5.22. The summed E-state index contributed by atoms with van der Waals surface area (Å²) >= 11 is 0. The van der Waals surface area contributed by atoms with Gasteiger partial charge >= 0.3 is 0 Å². The minimum absolute atomic E-state index is 0.406. The molecule has 2 amide bonds. The van der Waals surface area contributed by atoms with Gasteiger partial charge in [-0.05, 0) is 55.8 Å². The third kappa shape index (κ3) is 4.41. The molecule has 3 rings (SSSR count). The van der Waals surface area contributed by atoms with Crippen molar-refractivity contribution in [3.63, 3.8) is 0 Å². The van der Waals surface area contributed by atoms with Crippen molar-refractivity contribution in [2.24, 2.45) is 0 Å². The van der Waals surface area contributed by atoms with Gasteiger partial charge in [-0.3, -0.25) is 25.4 Å². The summed E-state index contributed by atoms with van der Waals surface area (Å²) in [6.07, 6.45) is -0.774. The summed E-state index contributed by atoms with van der Waals surface area (Å²) in [6, 6.07) is 16.9. The lowest BCUT2D eigenvalue weighted by Crippen LogP contribution is -2.47. The number of carbonyl (C=O) groups is 2. The van der Waals surface area contributed by atoms with Crippen LogP contribution >= 0.6 is 0 Å². The molecule has 0 fully saturated rings. The number of amides is 2. The highest BCUT2D eigenvalue weighted by atomic mass is 16.5. The maximum atomic E-state index is 12.2. The minimum Gasteiger partial charge on any atom is -0.481 e. The fourth-order valence-corrected chi connectivity index (χ4v) is 2.71. The number of hydrazine groups is 1. The molecule has 0 spiro atoms. The Morgan fingerprint density at radius 2 is 1.70 bits per heavy atom. The van der Waals surface area contributed by atoms with Crippen LogP contribution in [-0.4, -0.2) is 22.9 Å². The Kier molecular flexibility index (Phi) is 5.35. The molecular weight excluding hydrogens is 342 g/mol. The predicted octanol–water partition coefficient (Wildman–Crippen LogP) is 3.08. The molecule has 0 radical (unpaired) electrons. The van der Waals surface area contributed by atoms with Crippen LogP contribution in [-0.2, 0) is 4.79 Å². The molecule has 6 nitrogen and oxygen atoms in total. The van der Waals surface area contributed by atoms with Gasteiger partial charge in [-0.2, -0.15) is 0 Å². The van der Waals surface area contributed by atoms with E-state index in [1.165, 1.54) is 0 Å². The summed E-state index contributed by atoms with van der Waals surface area (Å²) in [5.41, 5.74) is 6.62. The number of pyridine rings is 1. The summed E-state index contributed by atoms with van der Waals surface area (Å²) < 4.78 is 5.69. The highest BCUT2D eigenvalue weighted by Crippen LogP contribution is 2.21. The Hall–Kier alpha value is -3.41. The van der Waals surface area contributed by atoms with Gasteiger partial charge in [-0.15, -0.1) is 0 Å². The van der Waals surface area contributed by atoms with Crippen LogP contribution in [0.3, 0.4) is 0 Å². The zero-order chi connectivity index (χ0) is 19.4. The maximum Gasteiger partial charge on any atom is 0.279 e. The van der Waals surface area contributed by atoms with Crippen LogP contribution in [0.5, 0.6) is 5.75 Å². The first-order valence-electron chi connectivity index (χ1n) is 8.64. The van der Waals surface area contributed by atoms with E-state index >= 15 is 0 Å². The first-order chi connectivity index (χ1) is 12.9. The zero-order valence-corrected chi connectivity index (χ0v) is 15.4. The fraction of sp³-hybridized carbons (Fsp3) is 0.190. The number of benzene rings is 2. The van der Waals surface area contributed by atoms with Crippen LogP contribution in [0.15, 0.2) is 54.6 Å². The number of hydrogen-bond acceptors (Lipinski definition) is 4. The van der Waals surface area contributed by atoms with Crippen LogP contribution in [0.4, 0.5) is 0 Å². The molecule has 1 unspecified atom stereocenters. The van der Waals surface area contributed by atoms with Gasteiger partial charge in [-0.1, -0.05) is 30.3 Å². The normalized spacial score (nSPS) is 11.7.